The molecule has 2 N–H and O–H groups in total. The maximum atomic E-state index is 6.14. The summed E-state index contributed by atoms with van der Waals surface area (Å²) in [6.45, 7) is 12.0. The summed E-state index contributed by atoms with van der Waals surface area (Å²) in [6.07, 6.45) is 7.62. The average molecular weight is 444 g/mol. The van der Waals surface area contributed by atoms with Gasteiger partial charge >= 0.3 is 0 Å². The topological polar surface area (TPSA) is 52.1 Å². The van der Waals surface area contributed by atoms with Crippen LogP contribution in [0, 0.1) is 5.92 Å². The highest BCUT2D eigenvalue weighted by atomic mass is 16.5. The number of nitrogens with one attached hydrogen (secondary N) is 2. The van der Waals surface area contributed by atoms with Crippen molar-refractivity contribution in [2.24, 2.45) is 10.9 Å². The summed E-state index contributed by atoms with van der Waals surface area (Å²) >= 11 is 0. The minimum absolute atomic E-state index is 0.415. The van der Waals surface area contributed by atoms with Crippen molar-refractivity contribution in [3.05, 3.63) is 35.9 Å². The van der Waals surface area contributed by atoms with E-state index in [0.717, 1.165) is 70.5 Å². The van der Waals surface area contributed by atoms with E-state index in [9.17, 15) is 0 Å². The second-order valence-electron chi connectivity index (χ2n) is 9.28. The van der Waals surface area contributed by atoms with Crippen LogP contribution in [0.25, 0.3) is 0 Å². The lowest BCUT2D eigenvalue weighted by atomic mass is 9.93. The first-order valence-corrected chi connectivity index (χ1v) is 12.8. The molecule has 32 heavy (non-hydrogen) atoms. The molecule has 0 bridgehead atoms. The van der Waals surface area contributed by atoms with E-state index in [1.54, 1.807) is 0 Å². The molecule has 2 aliphatic rings. The van der Waals surface area contributed by atoms with Crippen molar-refractivity contribution in [3.8, 4) is 0 Å². The highest BCUT2D eigenvalue weighted by Gasteiger charge is 2.20. The lowest BCUT2D eigenvalue weighted by molar-refractivity contribution is 0.00534. The van der Waals surface area contributed by atoms with Gasteiger partial charge in [-0.2, -0.15) is 0 Å². The van der Waals surface area contributed by atoms with Crippen LogP contribution >= 0.6 is 0 Å². The van der Waals surface area contributed by atoms with Crippen molar-refractivity contribution in [2.75, 3.05) is 59.5 Å². The molecule has 0 radical (unpaired) electrons. The molecule has 6 heteroatoms. The van der Waals surface area contributed by atoms with Gasteiger partial charge in [0.15, 0.2) is 5.96 Å². The quantitative estimate of drug-likeness (QED) is 0.312. The number of hydrogen-bond acceptors (Lipinski definition) is 4. The summed E-state index contributed by atoms with van der Waals surface area (Å²) < 4.78 is 6.14. The van der Waals surface area contributed by atoms with Gasteiger partial charge in [0.25, 0.3) is 0 Å². The van der Waals surface area contributed by atoms with E-state index in [-0.39, 0.29) is 0 Å². The molecule has 0 saturated carbocycles. The fraction of sp³-hybridized carbons (Fsp3) is 0.731. The summed E-state index contributed by atoms with van der Waals surface area (Å²) in [5, 5.41) is 6.92. The number of rotatable bonds is 11. The summed E-state index contributed by atoms with van der Waals surface area (Å²) in [4.78, 5) is 9.46. The Morgan fingerprint density at radius 3 is 2.34 bits per heavy atom. The van der Waals surface area contributed by atoms with Crippen molar-refractivity contribution in [2.45, 2.75) is 58.1 Å². The van der Waals surface area contributed by atoms with E-state index >= 15 is 0 Å². The van der Waals surface area contributed by atoms with Crippen molar-refractivity contribution < 1.29 is 4.74 Å². The molecular weight excluding hydrogens is 398 g/mol. The molecule has 1 aromatic carbocycles. The van der Waals surface area contributed by atoms with E-state index in [4.69, 9.17) is 4.74 Å². The summed E-state index contributed by atoms with van der Waals surface area (Å²) in [5.41, 5.74) is 1.40. The third-order valence-corrected chi connectivity index (χ3v) is 6.97. The van der Waals surface area contributed by atoms with Crippen molar-refractivity contribution in [1.82, 2.24) is 20.4 Å². The molecule has 2 saturated heterocycles. The number of piperidine rings is 2. The van der Waals surface area contributed by atoms with Gasteiger partial charge in [0.1, 0.15) is 0 Å². The predicted octanol–water partition coefficient (Wildman–Crippen LogP) is 3.34. The Bertz CT molecular complexity index is 637. The Balaban J connectivity index is 1.18. The molecule has 0 atom stereocenters. The van der Waals surface area contributed by atoms with Crippen molar-refractivity contribution in [3.63, 3.8) is 0 Å². The minimum Gasteiger partial charge on any atom is -0.378 e. The average Bonchev–Trinajstić information content (AvgIpc) is 2.85. The zero-order valence-electron chi connectivity index (χ0n) is 20.4. The van der Waals surface area contributed by atoms with Gasteiger partial charge < -0.3 is 20.3 Å². The third-order valence-electron chi connectivity index (χ3n) is 6.97. The number of ether oxygens (including phenoxy) is 1. The molecule has 2 fully saturated rings. The molecule has 180 valence electrons. The van der Waals surface area contributed by atoms with Gasteiger partial charge in [-0.15, -0.1) is 0 Å². The number of hydrogen-bond donors (Lipinski definition) is 2. The summed E-state index contributed by atoms with van der Waals surface area (Å²) in [7, 11) is 1.86. The van der Waals surface area contributed by atoms with Crippen molar-refractivity contribution in [1.29, 1.82) is 0 Å². The smallest absolute Gasteiger partial charge is 0.190 e. The highest BCUT2D eigenvalue weighted by molar-refractivity contribution is 5.79. The molecule has 0 amide bonds. The standard InChI is InChI=1S/C26H45N5O/c1-3-30-17-11-23(12-18-30)10-16-29-26(27-2)28-15-7-21-32-25-13-19-31(20-14-25)22-24-8-5-4-6-9-24/h4-6,8-9,23,25H,3,7,10-22H2,1-2H3,(H2,27,28,29). The normalized spacial score (nSPS) is 19.9. The largest absolute Gasteiger partial charge is 0.378 e. The minimum atomic E-state index is 0.415. The maximum Gasteiger partial charge on any atom is 0.190 e. The second kappa shape index (κ2) is 14.5. The van der Waals surface area contributed by atoms with Crippen LogP contribution in [0.2, 0.25) is 0 Å². The van der Waals surface area contributed by atoms with Gasteiger partial charge in [0.2, 0.25) is 0 Å². The van der Waals surface area contributed by atoms with Gasteiger partial charge in [-0.3, -0.25) is 9.89 Å². The van der Waals surface area contributed by atoms with Gasteiger partial charge in [-0.1, -0.05) is 37.3 Å². The summed E-state index contributed by atoms with van der Waals surface area (Å²) in [6, 6.07) is 10.8. The molecule has 0 spiro atoms. The maximum absolute atomic E-state index is 6.14. The predicted molar refractivity (Wildman–Crippen MR) is 134 cm³/mol. The number of benzene rings is 1. The molecule has 0 unspecified atom stereocenters. The SMILES string of the molecule is CCN1CCC(CCNC(=NC)NCCCOC2CCN(Cc3ccccc3)CC2)CC1. The highest BCUT2D eigenvalue weighted by Crippen LogP contribution is 2.19. The van der Waals surface area contributed by atoms with Crippen molar-refractivity contribution >= 4 is 5.96 Å². The van der Waals surface area contributed by atoms with Gasteiger partial charge in [0.05, 0.1) is 6.10 Å². The number of likely N-dealkylation sites (tertiary alicyclic amines) is 2. The monoisotopic (exact) mass is 443 g/mol. The zero-order valence-corrected chi connectivity index (χ0v) is 20.4. The van der Waals surface area contributed by atoms with Crippen LogP contribution in [-0.4, -0.2) is 81.3 Å². The second-order valence-corrected chi connectivity index (χ2v) is 9.28. The molecule has 0 aromatic heterocycles. The zero-order chi connectivity index (χ0) is 22.4. The first kappa shape index (κ1) is 25.0. The van der Waals surface area contributed by atoms with Crippen LogP contribution in [0.4, 0.5) is 0 Å². The van der Waals surface area contributed by atoms with E-state index in [1.807, 2.05) is 7.05 Å². The van der Waals surface area contributed by atoms with Crippen LogP contribution in [-0.2, 0) is 11.3 Å². The van der Waals surface area contributed by atoms with Crippen LogP contribution in [0.5, 0.6) is 0 Å². The first-order chi connectivity index (χ1) is 15.8. The van der Waals surface area contributed by atoms with E-state index in [2.05, 4.69) is 62.7 Å². The number of aliphatic imine (C=N–C) groups is 1. The van der Waals surface area contributed by atoms with Crippen LogP contribution in [0.15, 0.2) is 35.3 Å². The fourth-order valence-electron chi connectivity index (χ4n) is 4.81. The van der Waals surface area contributed by atoms with E-state index in [1.165, 1.54) is 44.5 Å². The van der Waals surface area contributed by atoms with Gasteiger partial charge in [-0.05, 0) is 69.6 Å². The Morgan fingerprint density at radius 2 is 1.66 bits per heavy atom. The molecule has 2 heterocycles. The molecule has 6 nitrogen and oxygen atoms in total. The van der Waals surface area contributed by atoms with Gasteiger partial charge in [0, 0.05) is 46.4 Å². The molecular formula is C26H45N5O. The molecule has 0 aliphatic carbocycles. The Hall–Kier alpha value is -1.63. The number of nitrogens with zero attached hydrogens (tertiary/aromatic N) is 3. The fourth-order valence-corrected chi connectivity index (χ4v) is 4.81. The van der Waals surface area contributed by atoms with Crippen LogP contribution < -0.4 is 10.6 Å². The van der Waals surface area contributed by atoms with E-state index < -0.39 is 0 Å². The molecule has 1 aromatic rings. The summed E-state index contributed by atoms with van der Waals surface area (Å²) in [5.74, 6) is 1.78. The van der Waals surface area contributed by atoms with Gasteiger partial charge in [-0.25, -0.2) is 0 Å². The first-order valence-electron chi connectivity index (χ1n) is 12.8. The Labute approximate surface area is 195 Å². The van der Waals surface area contributed by atoms with Crippen LogP contribution in [0.1, 0.15) is 51.0 Å². The Morgan fingerprint density at radius 1 is 0.969 bits per heavy atom. The molecule has 2 aliphatic heterocycles. The Kier molecular flexibility index (Phi) is 11.3. The lowest BCUT2D eigenvalue weighted by Crippen LogP contribution is -2.40. The van der Waals surface area contributed by atoms with E-state index in [0.29, 0.717) is 6.10 Å². The third kappa shape index (κ3) is 9.08. The lowest BCUT2D eigenvalue weighted by Gasteiger charge is -2.32. The van der Waals surface area contributed by atoms with Crippen LogP contribution in [0.3, 0.4) is 0 Å². The molecule has 3 rings (SSSR count). The number of guanidine groups is 1.